The Balaban J connectivity index is 1.59. The Morgan fingerprint density at radius 3 is 2.64 bits per heavy atom. The lowest BCUT2D eigenvalue weighted by Crippen LogP contribution is -2.26. The molecule has 2 aromatic heterocycles. The van der Waals surface area contributed by atoms with E-state index in [2.05, 4.69) is 63.0 Å². The van der Waals surface area contributed by atoms with E-state index in [4.69, 9.17) is 33.7 Å². The van der Waals surface area contributed by atoms with E-state index < -0.39 is 0 Å². The van der Waals surface area contributed by atoms with E-state index in [-0.39, 0.29) is 0 Å². The molecule has 3 heterocycles. The molecule has 1 aliphatic rings. The molecule has 1 aliphatic heterocycles. The molecular weight excluding hydrogens is 490 g/mol. The highest BCUT2D eigenvalue weighted by Crippen LogP contribution is 2.37. The predicted molar refractivity (Wildman–Crippen MR) is 151 cm³/mol. The zero-order valence-corrected chi connectivity index (χ0v) is 22.4. The van der Waals surface area contributed by atoms with Crippen molar-refractivity contribution < 1.29 is 4.74 Å². The molecule has 0 aliphatic carbocycles. The standard InChI is InChI=1S/C28H32ClN5OS/c1-19-7-13-22(14-8-19)31-18-24-32-34-26(27(36)30-15-5-17-35-2)25(20-9-11-21(29)12-10-20)23-6-3-4-16-33(24)28(23)34/h7-14,31H,3-6,15-18H2,1-2H3,(H,30,36). The van der Waals surface area contributed by atoms with Crippen molar-refractivity contribution >= 4 is 40.1 Å². The lowest BCUT2D eigenvalue weighted by Gasteiger charge is -2.12. The Kier molecular flexibility index (Phi) is 7.60. The summed E-state index contributed by atoms with van der Waals surface area (Å²) in [5.74, 6) is 1.01. The monoisotopic (exact) mass is 521 g/mol. The zero-order valence-electron chi connectivity index (χ0n) is 20.8. The average Bonchev–Trinajstić information content (AvgIpc) is 3.28. The molecule has 4 aromatic rings. The normalized spacial score (nSPS) is 13.1. The van der Waals surface area contributed by atoms with E-state index in [1.165, 1.54) is 11.1 Å². The summed E-state index contributed by atoms with van der Waals surface area (Å²) in [5.41, 5.74) is 8.02. The number of ether oxygens (including phenoxy) is 1. The van der Waals surface area contributed by atoms with Crippen LogP contribution in [0.15, 0.2) is 48.5 Å². The number of nitrogens with zero attached hydrogens (tertiary/aromatic N) is 3. The van der Waals surface area contributed by atoms with Gasteiger partial charge in [0, 0.05) is 48.6 Å². The van der Waals surface area contributed by atoms with Crippen molar-refractivity contribution in [2.45, 2.75) is 45.7 Å². The number of rotatable bonds is 9. The van der Waals surface area contributed by atoms with Gasteiger partial charge in [0.2, 0.25) is 0 Å². The Hall–Kier alpha value is -2.87. The molecule has 2 aromatic carbocycles. The summed E-state index contributed by atoms with van der Waals surface area (Å²) in [7, 11) is 1.72. The van der Waals surface area contributed by atoms with Gasteiger partial charge in [-0.25, -0.2) is 4.52 Å². The summed E-state index contributed by atoms with van der Waals surface area (Å²) in [5, 5.41) is 12.9. The van der Waals surface area contributed by atoms with Crippen LogP contribution in [0.5, 0.6) is 0 Å². The third kappa shape index (κ3) is 5.01. The lowest BCUT2D eigenvalue weighted by atomic mass is 9.98. The number of aryl methyl sites for hydroxylation is 3. The number of aromatic nitrogens is 3. The molecule has 0 atom stereocenters. The van der Waals surface area contributed by atoms with Gasteiger partial charge in [0.05, 0.1) is 6.54 Å². The summed E-state index contributed by atoms with van der Waals surface area (Å²) in [6.45, 7) is 5.13. The Morgan fingerprint density at radius 2 is 1.89 bits per heavy atom. The molecule has 0 radical (unpaired) electrons. The first-order chi connectivity index (χ1) is 17.6. The third-order valence-electron chi connectivity index (χ3n) is 6.72. The largest absolute Gasteiger partial charge is 0.385 e. The molecule has 0 bridgehead atoms. The second-order valence-electron chi connectivity index (χ2n) is 9.29. The highest BCUT2D eigenvalue weighted by atomic mass is 35.5. The molecular formula is C28H32ClN5OS. The molecule has 0 saturated heterocycles. The van der Waals surface area contributed by atoms with Crippen molar-refractivity contribution in [1.29, 1.82) is 0 Å². The van der Waals surface area contributed by atoms with Crippen LogP contribution in [0.1, 0.15) is 41.9 Å². The van der Waals surface area contributed by atoms with Crippen LogP contribution in [0.25, 0.3) is 16.8 Å². The van der Waals surface area contributed by atoms with E-state index in [0.717, 1.165) is 77.8 Å². The summed E-state index contributed by atoms with van der Waals surface area (Å²) in [4.78, 5) is 0.709. The molecule has 5 rings (SSSR count). The quantitative estimate of drug-likeness (QED) is 0.208. The SMILES string of the molecule is COCCCNC(=S)c1c(-c2ccc(Cl)cc2)c2c3n(c(CNc4ccc(C)cc4)nn13)CCCC2. The molecule has 0 saturated carbocycles. The van der Waals surface area contributed by atoms with Crippen LogP contribution in [0.3, 0.4) is 0 Å². The number of thiocarbonyl (C=S) groups is 1. The summed E-state index contributed by atoms with van der Waals surface area (Å²) in [6.07, 6.45) is 4.12. The minimum atomic E-state index is 0.647. The second kappa shape index (κ2) is 11.0. The first-order valence-corrected chi connectivity index (χ1v) is 13.3. The number of hydrogen-bond acceptors (Lipinski definition) is 4. The van der Waals surface area contributed by atoms with Crippen molar-refractivity contribution in [3.63, 3.8) is 0 Å². The third-order valence-corrected chi connectivity index (χ3v) is 7.31. The smallest absolute Gasteiger partial charge is 0.150 e. The molecule has 0 spiro atoms. The maximum absolute atomic E-state index is 6.23. The van der Waals surface area contributed by atoms with Gasteiger partial charge in [0.15, 0.2) is 5.82 Å². The highest BCUT2D eigenvalue weighted by molar-refractivity contribution is 7.80. The molecule has 0 amide bonds. The van der Waals surface area contributed by atoms with Crippen molar-refractivity contribution in [2.24, 2.45) is 0 Å². The highest BCUT2D eigenvalue weighted by Gasteiger charge is 2.28. The number of hydrogen-bond donors (Lipinski definition) is 2. The van der Waals surface area contributed by atoms with E-state index in [1.807, 2.05) is 12.1 Å². The molecule has 188 valence electrons. The topological polar surface area (TPSA) is 55.5 Å². The molecule has 36 heavy (non-hydrogen) atoms. The van der Waals surface area contributed by atoms with Crippen LogP contribution in [0.2, 0.25) is 5.02 Å². The fraction of sp³-hybridized carbons (Fsp3) is 0.357. The number of nitrogens with one attached hydrogen (secondary N) is 2. The Bertz CT molecular complexity index is 1360. The van der Waals surface area contributed by atoms with Crippen LogP contribution in [0, 0.1) is 6.92 Å². The minimum Gasteiger partial charge on any atom is -0.385 e. The van der Waals surface area contributed by atoms with E-state index in [9.17, 15) is 0 Å². The van der Waals surface area contributed by atoms with E-state index in [1.54, 1.807) is 7.11 Å². The maximum Gasteiger partial charge on any atom is 0.150 e. The van der Waals surface area contributed by atoms with Crippen LogP contribution in [0.4, 0.5) is 5.69 Å². The fourth-order valence-electron chi connectivity index (χ4n) is 4.93. The molecule has 0 fully saturated rings. The van der Waals surface area contributed by atoms with Gasteiger partial charge in [-0.15, -0.1) is 0 Å². The fourth-order valence-corrected chi connectivity index (χ4v) is 5.34. The minimum absolute atomic E-state index is 0.647. The lowest BCUT2D eigenvalue weighted by molar-refractivity contribution is 0.196. The van der Waals surface area contributed by atoms with Crippen LogP contribution in [-0.4, -0.2) is 39.4 Å². The number of benzene rings is 2. The number of methoxy groups -OCH3 is 1. The Labute approximate surface area is 222 Å². The number of anilines is 1. The van der Waals surface area contributed by atoms with Crippen LogP contribution < -0.4 is 10.6 Å². The van der Waals surface area contributed by atoms with Crippen molar-refractivity contribution in [3.8, 4) is 11.1 Å². The van der Waals surface area contributed by atoms with E-state index in [0.29, 0.717) is 18.1 Å². The van der Waals surface area contributed by atoms with Crippen LogP contribution >= 0.6 is 23.8 Å². The van der Waals surface area contributed by atoms with Gasteiger partial charge in [0.25, 0.3) is 0 Å². The number of halogens is 1. The van der Waals surface area contributed by atoms with Gasteiger partial charge in [-0.05, 0) is 62.4 Å². The van der Waals surface area contributed by atoms with Crippen LogP contribution in [-0.2, 0) is 24.2 Å². The predicted octanol–water partition coefficient (Wildman–Crippen LogP) is 6.01. The zero-order chi connectivity index (χ0) is 25.1. The van der Waals surface area contributed by atoms with Gasteiger partial charge in [0.1, 0.15) is 16.3 Å². The van der Waals surface area contributed by atoms with Gasteiger partial charge < -0.3 is 19.9 Å². The van der Waals surface area contributed by atoms with E-state index >= 15 is 0 Å². The summed E-state index contributed by atoms with van der Waals surface area (Å²) < 4.78 is 9.66. The molecule has 8 heteroatoms. The second-order valence-corrected chi connectivity index (χ2v) is 10.1. The van der Waals surface area contributed by atoms with Gasteiger partial charge in [-0.1, -0.05) is 53.6 Å². The molecule has 0 unspecified atom stereocenters. The van der Waals surface area contributed by atoms with Crippen molar-refractivity contribution in [3.05, 3.63) is 76.2 Å². The molecule has 2 N–H and O–H groups in total. The summed E-state index contributed by atoms with van der Waals surface area (Å²) in [6, 6.07) is 16.5. The maximum atomic E-state index is 6.23. The average molecular weight is 522 g/mol. The Morgan fingerprint density at radius 1 is 1.11 bits per heavy atom. The molecule has 6 nitrogen and oxygen atoms in total. The van der Waals surface area contributed by atoms with Crippen molar-refractivity contribution in [2.75, 3.05) is 25.6 Å². The van der Waals surface area contributed by atoms with Gasteiger partial charge in [-0.2, -0.15) is 5.10 Å². The summed E-state index contributed by atoms with van der Waals surface area (Å²) >= 11 is 12.2. The van der Waals surface area contributed by atoms with Gasteiger partial charge >= 0.3 is 0 Å². The first kappa shape index (κ1) is 24.8. The first-order valence-electron chi connectivity index (χ1n) is 12.5. The van der Waals surface area contributed by atoms with Gasteiger partial charge in [-0.3, -0.25) is 0 Å². The van der Waals surface area contributed by atoms with Crippen molar-refractivity contribution in [1.82, 2.24) is 19.5 Å².